The van der Waals surface area contributed by atoms with Gasteiger partial charge in [-0.3, -0.25) is 4.79 Å². The number of carbonyl (C=O) groups excluding carboxylic acids is 1. The SMILES string of the molecule is O=C(NC1CC1)c1cnc(Nc2ccc3c(c2)CNCC3)nc1Nc1cccc(C2CC2)n1. The van der Waals surface area contributed by atoms with Gasteiger partial charge in [-0.2, -0.15) is 4.98 Å². The molecule has 2 aliphatic carbocycles. The van der Waals surface area contributed by atoms with Crippen LogP contribution in [0, 0.1) is 0 Å². The van der Waals surface area contributed by atoms with Crippen molar-refractivity contribution in [3.63, 3.8) is 0 Å². The largest absolute Gasteiger partial charge is 0.349 e. The predicted molar refractivity (Wildman–Crippen MR) is 127 cm³/mol. The summed E-state index contributed by atoms with van der Waals surface area (Å²) in [5, 5.41) is 13.0. The van der Waals surface area contributed by atoms with E-state index in [0.29, 0.717) is 29.1 Å². The molecule has 2 aromatic heterocycles. The molecule has 33 heavy (non-hydrogen) atoms. The molecule has 1 aliphatic heterocycles. The van der Waals surface area contributed by atoms with Gasteiger partial charge < -0.3 is 21.3 Å². The van der Waals surface area contributed by atoms with Crippen LogP contribution in [0.15, 0.2) is 42.6 Å². The quantitative estimate of drug-likeness (QED) is 0.442. The molecular weight excluding hydrogens is 414 g/mol. The van der Waals surface area contributed by atoms with Gasteiger partial charge in [0, 0.05) is 36.1 Å². The highest BCUT2D eigenvalue weighted by Gasteiger charge is 2.27. The Hall–Kier alpha value is -3.52. The Kier molecular flexibility index (Phi) is 5.14. The molecule has 6 rings (SSSR count). The van der Waals surface area contributed by atoms with Crippen molar-refractivity contribution in [3.05, 3.63) is 65.0 Å². The molecule has 168 valence electrons. The van der Waals surface area contributed by atoms with Crippen molar-refractivity contribution in [3.8, 4) is 0 Å². The normalized spacial score (nSPS) is 17.2. The fourth-order valence-electron chi connectivity index (χ4n) is 4.13. The van der Waals surface area contributed by atoms with Crippen molar-refractivity contribution >= 4 is 29.2 Å². The summed E-state index contributed by atoms with van der Waals surface area (Å²) in [6.45, 7) is 1.88. The number of nitrogens with zero attached hydrogens (tertiary/aromatic N) is 3. The van der Waals surface area contributed by atoms with E-state index < -0.39 is 0 Å². The van der Waals surface area contributed by atoms with Crippen LogP contribution < -0.4 is 21.3 Å². The molecule has 0 bridgehead atoms. The van der Waals surface area contributed by atoms with Crippen molar-refractivity contribution in [2.24, 2.45) is 0 Å². The summed E-state index contributed by atoms with van der Waals surface area (Å²) in [5.41, 5.74) is 5.08. The Balaban J connectivity index is 1.28. The number of amides is 1. The Morgan fingerprint density at radius 2 is 1.91 bits per heavy atom. The predicted octanol–water partition coefficient (Wildman–Crippen LogP) is 3.77. The molecule has 2 fully saturated rings. The van der Waals surface area contributed by atoms with Gasteiger partial charge in [-0.1, -0.05) is 12.1 Å². The molecule has 3 heterocycles. The molecule has 8 heteroatoms. The molecule has 3 aliphatic rings. The van der Waals surface area contributed by atoms with Crippen molar-refractivity contribution in [1.82, 2.24) is 25.6 Å². The average Bonchev–Trinajstić information content (AvgIpc) is 3.74. The Bertz CT molecular complexity index is 1200. The lowest BCUT2D eigenvalue weighted by Crippen LogP contribution is -2.26. The van der Waals surface area contributed by atoms with Gasteiger partial charge >= 0.3 is 0 Å². The summed E-state index contributed by atoms with van der Waals surface area (Å²) in [5.74, 6) is 1.95. The average molecular weight is 442 g/mol. The van der Waals surface area contributed by atoms with Gasteiger partial charge in [0.15, 0.2) is 0 Å². The minimum absolute atomic E-state index is 0.162. The van der Waals surface area contributed by atoms with E-state index in [9.17, 15) is 4.79 Å². The van der Waals surface area contributed by atoms with Crippen LogP contribution in [-0.2, 0) is 13.0 Å². The number of aromatic nitrogens is 3. The molecule has 1 aromatic carbocycles. The molecule has 0 spiro atoms. The fourth-order valence-corrected chi connectivity index (χ4v) is 4.13. The minimum atomic E-state index is -0.162. The maximum Gasteiger partial charge on any atom is 0.256 e. The second-order valence-corrected chi connectivity index (χ2v) is 9.09. The van der Waals surface area contributed by atoms with Gasteiger partial charge in [-0.05, 0) is 74.0 Å². The minimum Gasteiger partial charge on any atom is -0.349 e. The van der Waals surface area contributed by atoms with Gasteiger partial charge in [0.2, 0.25) is 5.95 Å². The Morgan fingerprint density at radius 3 is 2.76 bits per heavy atom. The number of hydrogen-bond donors (Lipinski definition) is 4. The van der Waals surface area contributed by atoms with E-state index in [0.717, 1.165) is 43.7 Å². The van der Waals surface area contributed by atoms with E-state index >= 15 is 0 Å². The van der Waals surface area contributed by atoms with E-state index in [1.54, 1.807) is 6.20 Å². The van der Waals surface area contributed by atoms with Crippen molar-refractivity contribution < 1.29 is 4.79 Å². The number of nitrogens with one attached hydrogen (secondary N) is 4. The van der Waals surface area contributed by atoms with E-state index in [1.807, 2.05) is 12.1 Å². The fraction of sp³-hybridized carbons (Fsp3) is 0.360. The van der Waals surface area contributed by atoms with Crippen molar-refractivity contribution in [1.29, 1.82) is 0 Å². The van der Waals surface area contributed by atoms with Gasteiger partial charge in [-0.25, -0.2) is 9.97 Å². The molecule has 4 N–H and O–H groups in total. The highest BCUT2D eigenvalue weighted by atomic mass is 16.1. The maximum absolute atomic E-state index is 12.8. The van der Waals surface area contributed by atoms with Crippen LogP contribution in [0.2, 0.25) is 0 Å². The topological polar surface area (TPSA) is 104 Å². The third-order valence-corrected chi connectivity index (χ3v) is 6.31. The first-order valence-electron chi connectivity index (χ1n) is 11.7. The molecular formula is C25H27N7O. The van der Waals surface area contributed by atoms with Gasteiger partial charge in [0.05, 0.1) is 0 Å². The van der Waals surface area contributed by atoms with Crippen LogP contribution in [0.3, 0.4) is 0 Å². The summed E-state index contributed by atoms with van der Waals surface area (Å²) in [6.07, 6.45) is 7.03. The van der Waals surface area contributed by atoms with Gasteiger partial charge in [0.1, 0.15) is 17.2 Å². The zero-order valence-electron chi connectivity index (χ0n) is 18.4. The molecule has 0 saturated heterocycles. The maximum atomic E-state index is 12.8. The first-order chi connectivity index (χ1) is 16.2. The molecule has 0 atom stereocenters. The van der Waals surface area contributed by atoms with Gasteiger partial charge in [0.25, 0.3) is 5.91 Å². The van der Waals surface area contributed by atoms with E-state index in [4.69, 9.17) is 4.98 Å². The summed E-state index contributed by atoms with van der Waals surface area (Å²) in [4.78, 5) is 26.7. The number of rotatable bonds is 7. The second-order valence-electron chi connectivity index (χ2n) is 9.09. The summed E-state index contributed by atoms with van der Waals surface area (Å²) >= 11 is 0. The number of anilines is 4. The highest BCUT2D eigenvalue weighted by molar-refractivity contribution is 5.99. The lowest BCUT2D eigenvalue weighted by Gasteiger charge is -2.18. The van der Waals surface area contributed by atoms with Crippen LogP contribution in [0.1, 0.15) is 58.8 Å². The Labute approximate surface area is 192 Å². The number of fused-ring (bicyclic) bond motifs is 1. The third kappa shape index (κ3) is 4.66. The van der Waals surface area contributed by atoms with Crippen LogP contribution in [0.5, 0.6) is 0 Å². The van der Waals surface area contributed by atoms with E-state index in [1.165, 1.54) is 24.0 Å². The first-order valence-corrected chi connectivity index (χ1v) is 11.7. The number of hydrogen-bond acceptors (Lipinski definition) is 7. The molecule has 1 amide bonds. The summed E-state index contributed by atoms with van der Waals surface area (Å²) in [7, 11) is 0. The highest BCUT2D eigenvalue weighted by Crippen LogP contribution is 2.39. The summed E-state index contributed by atoms with van der Waals surface area (Å²) < 4.78 is 0. The second kappa shape index (κ2) is 8.44. The third-order valence-electron chi connectivity index (χ3n) is 6.31. The smallest absolute Gasteiger partial charge is 0.256 e. The first kappa shape index (κ1) is 20.1. The monoisotopic (exact) mass is 441 g/mol. The lowest BCUT2D eigenvalue weighted by atomic mass is 10.0. The van der Waals surface area contributed by atoms with Crippen molar-refractivity contribution in [2.45, 2.75) is 50.6 Å². The standard InChI is InChI=1S/C25H27N7O/c33-24(28-18-8-9-18)20-14-27-25(29-19-7-6-15-10-11-26-13-17(15)12-19)32-23(20)31-22-3-1-2-21(30-22)16-4-5-16/h1-3,6-7,12,14,16,18,26H,4-5,8-11,13H2,(H,28,33)(H2,27,29,30,31,32). The van der Waals surface area contributed by atoms with E-state index in [-0.39, 0.29) is 11.9 Å². The van der Waals surface area contributed by atoms with Gasteiger partial charge in [-0.15, -0.1) is 0 Å². The Morgan fingerprint density at radius 1 is 1.00 bits per heavy atom. The van der Waals surface area contributed by atoms with Crippen LogP contribution in [0.25, 0.3) is 0 Å². The molecule has 3 aromatic rings. The van der Waals surface area contributed by atoms with Crippen molar-refractivity contribution in [2.75, 3.05) is 17.2 Å². The zero-order chi connectivity index (χ0) is 22.2. The van der Waals surface area contributed by atoms with Crippen LogP contribution in [0.4, 0.5) is 23.3 Å². The zero-order valence-corrected chi connectivity index (χ0v) is 18.4. The van der Waals surface area contributed by atoms with Crippen LogP contribution in [-0.4, -0.2) is 33.4 Å². The molecule has 8 nitrogen and oxygen atoms in total. The summed E-state index contributed by atoms with van der Waals surface area (Å²) in [6, 6.07) is 12.5. The van der Waals surface area contributed by atoms with Crippen LogP contribution >= 0.6 is 0 Å². The molecule has 0 radical (unpaired) electrons. The number of pyridine rings is 1. The van der Waals surface area contributed by atoms with E-state index in [2.05, 4.69) is 55.5 Å². The number of benzene rings is 1. The molecule has 0 unspecified atom stereocenters. The molecule has 2 saturated carbocycles. The number of carbonyl (C=O) groups is 1. The lowest BCUT2D eigenvalue weighted by molar-refractivity contribution is 0.0951.